The molecule has 2 aromatic rings. The molecule has 0 spiro atoms. The molecule has 1 N–H and O–H groups in total. The van der Waals surface area contributed by atoms with Crippen LogP contribution in [-0.4, -0.2) is 36.7 Å². The molecule has 0 radical (unpaired) electrons. The molecule has 0 saturated heterocycles. The van der Waals surface area contributed by atoms with Crippen LogP contribution in [-0.2, 0) is 6.42 Å². The fraction of sp³-hybridized carbons (Fsp3) is 0.583. The van der Waals surface area contributed by atoms with Gasteiger partial charge in [-0.25, -0.2) is 14.6 Å². The molecule has 3 rings (SSSR count). The highest BCUT2D eigenvalue weighted by Gasteiger charge is 2.28. The summed E-state index contributed by atoms with van der Waals surface area (Å²) in [6.07, 6.45) is 4.78. The van der Waals surface area contributed by atoms with Crippen LogP contribution in [0.4, 0.5) is 5.82 Å². The predicted octanol–water partition coefficient (Wildman–Crippen LogP) is 1.94. The maximum Gasteiger partial charge on any atom is 0.215 e. The Hall–Kier alpha value is -1.70. The fourth-order valence-corrected chi connectivity index (χ4v) is 3.00. The van der Waals surface area contributed by atoms with E-state index in [1.54, 1.807) is 6.33 Å². The standard InChI is InChI=1S/C12H17N7S/c1-3-9-10(13-4-2)14-7-15-11(9)20-12-16-17-18-19(12)8-5-6-8/h7-8H,3-6H2,1-2H3,(H,13,14,15). The van der Waals surface area contributed by atoms with Gasteiger partial charge in [-0.15, -0.1) is 5.10 Å². The number of hydrogen-bond donors (Lipinski definition) is 1. The van der Waals surface area contributed by atoms with E-state index in [0.29, 0.717) is 6.04 Å². The van der Waals surface area contributed by atoms with Gasteiger partial charge in [-0.2, -0.15) is 0 Å². The van der Waals surface area contributed by atoms with Crippen LogP contribution in [0.2, 0.25) is 0 Å². The van der Waals surface area contributed by atoms with Crippen LogP contribution in [0.5, 0.6) is 0 Å². The topological polar surface area (TPSA) is 81.4 Å². The lowest BCUT2D eigenvalue weighted by Crippen LogP contribution is -2.06. The van der Waals surface area contributed by atoms with Crippen LogP contribution in [0, 0.1) is 0 Å². The molecule has 7 nitrogen and oxygen atoms in total. The van der Waals surface area contributed by atoms with Gasteiger partial charge in [0.15, 0.2) is 0 Å². The van der Waals surface area contributed by atoms with Crippen molar-refractivity contribution in [3.63, 3.8) is 0 Å². The normalized spacial score (nSPS) is 14.5. The molecule has 0 bridgehead atoms. The molecule has 0 amide bonds. The first-order valence-electron chi connectivity index (χ1n) is 6.87. The first kappa shape index (κ1) is 13.3. The second-order valence-electron chi connectivity index (χ2n) is 4.63. The molecule has 0 aliphatic heterocycles. The van der Waals surface area contributed by atoms with E-state index in [1.165, 1.54) is 11.8 Å². The summed E-state index contributed by atoms with van der Waals surface area (Å²) < 4.78 is 1.90. The predicted molar refractivity (Wildman–Crippen MR) is 75.8 cm³/mol. The number of tetrazole rings is 1. The zero-order valence-corrected chi connectivity index (χ0v) is 12.4. The maximum absolute atomic E-state index is 4.39. The van der Waals surface area contributed by atoms with E-state index >= 15 is 0 Å². The van der Waals surface area contributed by atoms with Crippen LogP contribution < -0.4 is 5.32 Å². The van der Waals surface area contributed by atoms with Crippen molar-refractivity contribution in [3.05, 3.63) is 11.9 Å². The molecular weight excluding hydrogens is 274 g/mol. The average molecular weight is 291 g/mol. The molecule has 0 atom stereocenters. The number of nitrogens with zero attached hydrogens (tertiary/aromatic N) is 6. The van der Waals surface area contributed by atoms with Crippen molar-refractivity contribution in [2.75, 3.05) is 11.9 Å². The largest absolute Gasteiger partial charge is 0.370 e. The van der Waals surface area contributed by atoms with Crippen molar-refractivity contribution in [3.8, 4) is 0 Å². The molecule has 1 fully saturated rings. The van der Waals surface area contributed by atoms with Gasteiger partial charge in [-0.1, -0.05) is 6.92 Å². The van der Waals surface area contributed by atoms with Crippen LogP contribution in [0.3, 0.4) is 0 Å². The van der Waals surface area contributed by atoms with E-state index < -0.39 is 0 Å². The second-order valence-corrected chi connectivity index (χ2v) is 5.59. The molecule has 1 aliphatic carbocycles. The molecule has 20 heavy (non-hydrogen) atoms. The van der Waals surface area contributed by atoms with Gasteiger partial charge in [0.1, 0.15) is 17.2 Å². The summed E-state index contributed by atoms with van der Waals surface area (Å²) in [5.74, 6) is 0.901. The van der Waals surface area contributed by atoms with Gasteiger partial charge in [0.25, 0.3) is 0 Å². The highest BCUT2D eigenvalue weighted by atomic mass is 32.2. The van der Waals surface area contributed by atoms with Crippen LogP contribution in [0.15, 0.2) is 16.5 Å². The Balaban J connectivity index is 1.89. The van der Waals surface area contributed by atoms with Crippen molar-refractivity contribution in [2.24, 2.45) is 0 Å². The summed E-state index contributed by atoms with van der Waals surface area (Å²) in [6, 6.07) is 0.465. The highest BCUT2D eigenvalue weighted by molar-refractivity contribution is 7.99. The number of anilines is 1. The first-order chi connectivity index (χ1) is 9.83. The zero-order chi connectivity index (χ0) is 13.9. The Morgan fingerprint density at radius 1 is 1.35 bits per heavy atom. The SMILES string of the molecule is CCNc1ncnc(Sc2nnnn2C2CC2)c1CC. The zero-order valence-electron chi connectivity index (χ0n) is 11.6. The van der Waals surface area contributed by atoms with Gasteiger partial charge in [0.05, 0.1) is 6.04 Å². The fourth-order valence-electron chi connectivity index (χ4n) is 2.01. The van der Waals surface area contributed by atoms with Crippen LogP contribution >= 0.6 is 11.8 Å². The van der Waals surface area contributed by atoms with Crippen LogP contribution in [0.1, 0.15) is 38.3 Å². The molecule has 106 valence electrons. The van der Waals surface area contributed by atoms with Crippen molar-refractivity contribution < 1.29 is 0 Å². The van der Waals surface area contributed by atoms with E-state index in [1.807, 2.05) is 4.68 Å². The molecule has 2 heterocycles. The summed E-state index contributed by atoms with van der Waals surface area (Å²) in [6.45, 7) is 5.00. The Labute approximate surface area is 121 Å². The van der Waals surface area contributed by atoms with Crippen molar-refractivity contribution in [1.29, 1.82) is 0 Å². The Morgan fingerprint density at radius 3 is 2.90 bits per heavy atom. The number of aromatic nitrogens is 6. The smallest absolute Gasteiger partial charge is 0.215 e. The number of nitrogens with one attached hydrogen (secondary N) is 1. The van der Waals surface area contributed by atoms with Gasteiger partial charge in [-0.3, -0.25) is 0 Å². The summed E-state index contributed by atoms with van der Waals surface area (Å²) in [5.41, 5.74) is 1.12. The number of hydrogen-bond acceptors (Lipinski definition) is 7. The summed E-state index contributed by atoms with van der Waals surface area (Å²) in [4.78, 5) is 8.70. The van der Waals surface area contributed by atoms with Gasteiger partial charge in [0, 0.05) is 12.1 Å². The average Bonchev–Trinajstić information content (AvgIpc) is 3.20. The molecule has 0 unspecified atom stereocenters. The van der Waals surface area contributed by atoms with Crippen LogP contribution in [0.25, 0.3) is 0 Å². The van der Waals surface area contributed by atoms with Gasteiger partial charge in [-0.05, 0) is 48.4 Å². The maximum atomic E-state index is 4.39. The lowest BCUT2D eigenvalue weighted by Gasteiger charge is -2.11. The lowest BCUT2D eigenvalue weighted by molar-refractivity contribution is 0.565. The Morgan fingerprint density at radius 2 is 2.20 bits per heavy atom. The quantitative estimate of drug-likeness (QED) is 0.814. The minimum atomic E-state index is 0.465. The monoisotopic (exact) mass is 291 g/mol. The first-order valence-corrected chi connectivity index (χ1v) is 7.68. The molecule has 1 aliphatic rings. The van der Waals surface area contributed by atoms with Crippen molar-refractivity contribution in [1.82, 2.24) is 30.2 Å². The summed E-state index contributed by atoms with van der Waals surface area (Å²) in [7, 11) is 0. The van der Waals surface area contributed by atoms with E-state index in [2.05, 4.69) is 44.7 Å². The van der Waals surface area contributed by atoms with E-state index in [-0.39, 0.29) is 0 Å². The van der Waals surface area contributed by atoms with Gasteiger partial charge < -0.3 is 5.32 Å². The minimum Gasteiger partial charge on any atom is -0.370 e. The van der Waals surface area contributed by atoms with Gasteiger partial charge in [0.2, 0.25) is 5.16 Å². The third-order valence-corrected chi connectivity index (χ3v) is 4.14. The third kappa shape index (κ3) is 2.60. The molecule has 2 aromatic heterocycles. The van der Waals surface area contributed by atoms with E-state index in [0.717, 1.165) is 47.4 Å². The Bertz CT molecular complexity index is 593. The minimum absolute atomic E-state index is 0.465. The third-order valence-electron chi connectivity index (χ3n) is 3.15. The van der Waals surface area contributed by atoms with Crippen molar-refractivity contribution >= 4 is 17.6 Å². The lowest BCUT2D eigenvalue weighted by atomic mass is 10.2. The summed E-state index contributed by atoms with van der Waals surface area (Å²) in [5, 5.41) is 17.0. The van der Waals surface area contributed by atoms with E-state index in [9.17, 15) is 0 Å². The molecule has 1 saturated carbocycles. The van der Waals surface area contributed by atoms with Crippen molar-refractivity contribution in [2.45, 2.75) is 49.3 Å². The molecule has 8 heteroatoms. The van der Waals surface area contributed by atoms with Gasteiger partial charge >= 0.3 is 0 Å². The second kappa shape index (κ2) is 5.74. The summed E-state index contributed by atoms with van der Waals surface area (Å²) >= 11 is 1.52. The Kier molecular flexibility index (Phi) is 3.81. The van der Waals surface area contributed by atoms with E-state index in [4.69, 9.17) is 0 Å². The number of rotatable bonds is 6. The molecular formula is C12H17N7S. The highest BCUT2D eigenvalue weighted by Crippen LogP contribution is 2.38. The molecule has 0 aromatic carbocycles.